The van der Waals surface area contributed by atoms with Gasteiger partial charge in [-0.25, -0.2) is 8.42 Å². The summed E-state index contributed by atoms with van der Waals surface area (Å²) in [5.74, 6) is 0.318. The van der Waals surface area contributed by atoms with Gasteiger partial charge in [-0.15, -0.1) is 11.3 Å². The van der Waals surface area contributed by atoms with Crippen LogP contribution in [0.2, 0.25) is 0 Å². The largest absolute Gasteiger partial charge is 0.338 e. The van der Waals surface area contributed by atoms with Crippen LogP contribution in [0.25, 0.3) is 0 Å². The Balaban J connectivity index is 2.22. The number of likely N-dealkylation sites (N-methyl/N-ethyl adjacent to an activating group) is 1. The zero-order chi connectivity index (χ0) is 15.0. The van der Waals surface area contributed by atoms with E-state index in [9.17, 15) is 13.2 Å². The van der Waals surface area contributed by atoms with Crippen LogP contribution in [0.15, 0.2) is 17.5 Å². The highest BCUT2D eigenvalue weighted by Crippen LogP contribution is 2.31. The Labute approximate surface area is 124 Å². The van der Waals surface area contributed by atoms with Gasteiger partial charge in [-0.05, 0) is 38.6 Å². The van der Waals surface area contributed by atoms with Crippen LogP contribution in [0.4, 0.5) is 0 Å². The molecule has 2 heterocycles. The number of amides is 1. The molecule has 1 aromatic heterocycles. The Morgan fingerprint density at radius 3 is 2.65 bits per heavy atom. The number of carbonyl (C=O) groups is 1. The third-order valence-electron chi connectivity index (χ3n) is 3.92. The minimum Gasteiger partial charge on any atom is -0.338 e. The van der Waals surface area contributed by atoms with Gasteiger partial charge < -0.3 is 4.90 Å². The van der Waals surface area contributed by atoms with Crippen molar-refractivity contribution >= 4 is 27.1 Å². The molecule has 20 heavy (non-hydrogen) atoms. The molecule has 1 atom stereocenters. The van der Waals surface area contributed by atoms with E-state index < -0.39 is 15.3 Å². The maximum atomic E-state index is 12.8. The topological polar surface area (TPSA) is 54.5 Å². The van der Waals surface area contributed by atoms with Crippen LogP contribution < -0.4 is 0 Å². The Morgan fingerprint density at radius 1 is 1.50 bits per heavy atom. The van der Waals surface area contributed by atoms with E-state index in [1.165, 1.54) is 0 Å². The predicted octanol–water partition coefficient (Wildman–Crippen LogP) is 2.06. The molecule has 1 unspecified atom stereocenters. The normalized spacial score (nSPS) is 21.9. The summed E-state index contributed by atoms with van der Waals surface area (Å²) in [7, 11) is -2.97. The number of thiophene rings is 1. The fraction of sp³-hybridized carbons (Fsp3) is 0.643. The summed E-state index contributed by atoms with van der Waals surface area (Å²) in [4.78, 5) is 15.6. The summed E-state index contributed by atoms with van der Waals surface area (Å²) < 4.78 is 23.3. The van der Waals surface area contributed by atoms with E-state index in [2.05, 4.69) is 0 Å². The lowest BCUT2D eigenvalue weighted by Gasteiger charge is -2.34. The third-order valence-corrected chi connectivity index (χ3v) is 6.87. The molecule has 1 fully saturated rings. The molecule has 0 N–H and O–H groups in total. The maximum absolute atomic E-state index is 12.8. The molecule has 1 saturated heterocycles. The molecular weight excluding hydrogens is 294 g/mol. The van der Waals surface area contributed by atoms with Crippen LogP contribution >= 0.6 is 11.3 Å². The molecule has 0 radical (unpaired) electrons. The molecule has 0 aromatic carbocycles. The zero-order valence-corrected chi connectivity index (χ0v) is 13.8. The van der Waals surface area contributed by atoms with Gasteiger partial charge >= 0.3 is 0 Å². The quantitative estimate of drug-likeness (QED) is 0.854. The van der Waals surface area contributed by atoms with Crippen molar-refractivity contribution < 1.29 is 13.2 Å². The van der Waals surface area contributed by atoms with Crippen LogP contribution in [0.3, 0.4) is 0 Å². The highest BCUT2D eigenvalue weighted by atomic mass is 32.2. The fourth-order valence-corrected chi connectivity index (χ4v) is 5.26. The van der Waals surface area contributed by atoms with Crippen molar-refractivity contribution in [3.63, 3.8) is 0 Å². The van der Waals surface area contributed by atoms with Crippen molar-refractivity contribution in [1.29, 1.82) is 0 Å². The molecule has 112 valence electrons. The lowest BCUT2D eigenvalue weighted by atomic mass is 9.89. The van der Waals surface area contributed by atoms with Crippen molar-refractivity contribution in [2.45, 2.75) is 38.6 Å². The summed E-state index contributed by atoms with van der Waals surface area (Å²) in [6.45, 7) is 6.28. The van der Waals surface area contributed by atoms with E-state index in [0.29, 0.717) is 13.0 Å². The smallest absolute Gasteiger partial charge is 0.233 e. The molecule has 0 aliphatic carbocycles. The summed E-state index contributed by atoms with van der Waals surface area (Å²) in [6.07, 6.45) is 0.558. The Morgan fingerprint density at radius 2 is 2.20 bits per heavy atom. The second-order valence-corrected chi connectivity index (χ2v) is 8.93. The average Bonchev–Trinajstić information content (AvgIpc) is 3.00. The molecule has 4 nitrogen and oxygen atoms in total. The minimum absolute atomic E-state index is 0.0181. The lowest BCUT2D eigenvalue weighted by molar-refractivity contribution is -0.137. The molecular formula is C14H21NO3S2. The standard InChI is InChI=1S/C14H21NO3S2/c1-4-15(11-7-9-20(17,18)10-11)13(16)14(2,3)12-6-5-8-19-12/h5-6,8,11H,4,7,9-10H2,1-3H3. The van der Waals surface area contributed by atoms with Gasteiger partial charge in [0.2, 0.25) is 5.91 Å². The highest BCUT2D eigenvalue weighted by molar-refractivity contribution is 7.91. The molecule has 1 aliphatic heterocycles. The first-order valence-corrected chi connectivity index (χ1v) is 9.53. The molecule has 0 bridgehead atoms. The van der Waals surface area contributed by atoms with Gasteiger partial charge in [0.15, 0.2) is 9.84 Å². The first kappa shape index (κ1) is 15.5. The van der Waals surface area contributed by atoms with E-state index in [0.717, 1.165) is 4.88 Å². The van der Waals surface area contributed by atoms with Crippen LogP contribution in [0.5, 0.6) is 0 Å². The van der Waals surface area contributed by atoms with Crippen molar-refractivity contribution in [3.05, 3.63) is 22.4 Å². The number of sulfone groups is 1. The number of rotatable bonds is 4. The summed E-state index contributed by atoms with van der Waals surface area (Å²) in [5, 5.41) is 1.96. The molecule has 1 aromatic rings. The third kappa shape index (κ3) is 2.91. The van der Waals surface area contributed by atoms with Gasteiger partial charge in [-0.2, -0.15) is 0 Å². The van der Waals surface area contributed by atoms with Crippen molar-refractivity contribution in [1.82, 2.24) is 4.90 Å². The van der Waals surface area contributed by atoms with Gasteiger partial charge in [0, 0.05) is 17.5 Å². The summed E-state index contributed by atoms with van der Waals surface area (Å²) in [6, 6.07) is 3.73. The van der Waals surface area contributed by atoms with E-state index in [1.54, 1.807) is 16.2 Å². The maximum Gasteiger partial charge on any atom is 0.233 e. The van der Waals surface area contributed by atoms with E-state index >= 15 is 0 Å². The van der Waals surface area contributed by atoms with Gasteiger partial charge in [0.1, 0.15) is 0 Å². The molecule has 2 rings (SSSR count). The van der Waals surface area contributed by atoms with Gasteiger partial charge in [-0.1, -0.05) is 6.07 Å². The second kappa shape index (κ2) is 5.48. The van der Waals surface area contributed by atoms with E-state index in [1.807, 2.05) is 38.3 Å². The first-order chi connectivity index (χ1) is 9.28. The van der Waals surface area contributed by atoms with Gasteiger partial charge in [0.05, 0.1) is 16.9 Å². The second-order valence-electron chi connectivity index (χ2n) is 5.75. The van der Waals surface area contributed by atoms with Crippen LogP contribution in [0.1, 0.15) is 32.1 Å². The van der Waals surface area contributed by atoms with Crippen LogP contribution in [-0.4, -0.2) is 43.3 Å². The predicted molar refractivity (Wildman–Crippen MR) is 81.8 cm³/mol. The van der Waals surface area contributed by atoms with Gasteiger partial charge in [0.25, 0.3) is 0 Å². The molecule has 1 aliphatic rings. The minimum atomic E-state index is -2.97. The molecule has 6 heteroatoms. The SMILES string of the molecule is CCN(C(=O)C(C)(C)c1cccs1)C1CCS(=O)(=O)C1. The fourth-order valence-electron chi connectivity index (χ4n) is 2.69. The van der Waals surface area contributed by atoms with E-state index in [4.69, 9.17) is 0 Å². The first-order valence-electron chi connectivity index (χ1n) is 6.83. The number of hydrogen-bond donors (Lipinski definition) is 0. The summed E-state index contributed by atoms with van der Waals surface area (Å²) in [5.41, 5.74) is -0.601. The Kier molecular flexibility index (Phi) is 4.25. The molecule has 1 amide bonds. The van der Waals surface area contributed by atoms with Crippen molar-refractivity contribution in [3.8, 4) is 0 Å². The lowest BCUT2D eigenvalue weighted by Crippen LogP contribution is -2.48. The molecule has 0 spiro atoms. The van der Waals surface area contributed by atoms with Gasteiger partial charge in [-0.3, -0.25) is 4.79 Å². The van der Waals surface area contributed by atoms with Crippen LogP contribution in [-0.2, 0) is 20.0 Å². The molecule has 0 saturated carbocycles. The summed E-state index contributed by atoms with van der Waals surface area (Å²) >= 11 is 1.56. The van der Waals surface area contributed by atoms with Crippen molar-refractivity contribution in [2.24, 2.45) is 0 Å². The Bertz CT molecular complexity index is 576. The average molecular weight is 315 g/mol. The van der Waals surface area contributed by atoms with Crippen molar-refractivity contribution in [2.75, 3.05) is 18.1 Å². The van der Waals surface area contributed by atoms with Crippen LogP contribution in [0, 0.1) is 0 Å². The van der Waals surface area contributed by atoms with E-state index in [-0.39, 0.29) is 23.5 Å². The highest BCUT2D eigenvalue weighted by Gasteiger charge is 2.40. The monoisotopic (exact) mass is 315 g/mol. The number of hydrogen-bond acceptors (Lipinski definition) is 4. The number of carbonyl (C=O) groups excluding carboxylic acids is 1. The Hall–Kier alpha value is -0.880. The number of nitrogens with zero attached hydrogens (tertiary/aromatic N) is 1. The zero-order valence-electron chi connectivity index (χ0n) is 12.1.